The number of amides is 2. The summed E-state index contributed by atoms with van der Waals surface area (Å²) in [5.74, 6) is -0.685. The molecule has 1 atom stereocenters. The zero-order chi connectivity index (χ0) is 21.5. The Bertz CT molecular complexity index is 1120. The molecule has 160 valence electrons. The highest BCUT2D eigenvalue weighted by atomic mass is 32.1. The first-order chi connectivity index (χ1) is 15.0. The highest BCUT2D eigenvalue weighted by Gasteiger charge is 2.40. The van der Waals surface area contributed by atoms with E-state index in [1.807, 2.05) is 42.2 Å². The topological polar surface area (TPSA) is 69.6 Å². The number of hydrogen-bond donors (Lipinski definition) is 0. The van der Waals surface area contributed by atoms with Gasteiger partial charge in [-0.3, -0.25) is 9.59 Å². The van der Waals surface area contributed by atoms with E-state index in [4.69, 9.17) is 0 Å². The Morgan fingerprint density at radius 2 is 1.87 bits per heavy atom. The van der Waals surface area contributed by atoms with Crippen LogP contribution in [0.5, 0.6) is 0 Å². The molecule has 4 heterocycles. The Labute approximate surface area is 185 Å². The molecule has 2 fully saturated rings. The molecule has 3 aromatic rings. The van der Waals surface area contributed by atoms with E-state index in [0.717, 1.165) is 26.7 Å². The molecule has 0 radical (unpaired) electrons. The first kappa shape index (κ1) is 19.9. The van der Waals surface area contributed by atoms with Crippen LogP contribution in [0.15, 0.2) is 36.5 Å². The predicted octanol–water partition coefficient (Wildman–Crippen LogP) is 3.01. The average Bonchev–Trinajstić information content (AvgIpc) is 3.39. The number of anilines is 2. The molecule has 5 rings (SSSR count). The third-order valence-corrected chi connectivity index (χ3v) is 7.36. The second-order valence-electron chi connectivity index (χ2n) is 8.24. The molecule has 0 aliphatic carbocycles. The van der Waals surface area contributed by atoms with Gasteiger partial charge in [-0.15, -0.1) is 0 Å². The van der Waals surface area contributed by atoms with E-state index in [1.165, 1.54) is 5.56 Å². The van der Waals surface area contributed by atoms with Crippen LogP contribution in [0, 0.1) is 19.8 Å². The van der Waals surface area contributed by atoms with Crippen molar-refractivity contribution in [1.29, 1.82) is 0 Å². The lowest BCUT2D eigenvalue weighted by Gasteiger charge is -2.35. The van der Waals surface area contributed by atoms with Crippen molar-refractivity contribution in [3.8, 4) is 0 Å². The maximum atomic E-state index is 13.1. The molecule has 0 spiro atoms. The second kappa shape index (κ2) is 7.92. The van der Waals surface area contributed by atoms with Crippen LogP contribution in [0.2, 0.25) is 0 Å². The third kappa shape index (κ3) is 3.65. The summed E-state index contributed by atoms with van der Waals surface area (Å²) < 4.78 is 0. The van der Waals surface area contributed by atoms with Gasteiger partial charge in [0.05, 0.1) is 0 Å². The lowest BCUT2D eigenvalue weighted by Crippen LogP contribution is -2.51. The summed E-state index contributed by atoms with van der Waals surface area (Å²) in [5.41, 5.74) is 4.15. The molecule has 8 heteroatoms. The zero-order valence-corrected chi connectivity index (χ0v) is 18.6. The molecule has 2 aromatic heterocycles. The highest BCUT2D eigenvalue weighted by Crippen LogP contribution is 2.30. The fourth-order valence-electron chi connectivity index (χ4n) is 4.29. The molecule has 31 heavy (non-hydrogen) atoms. The Kier molecular flexibility index (Phi) is 5.09. The lowest BCUT2D eigenvalue weighted by atomic mass is 10.1. The van der Waals surface area contributed by atoms with E-state index >= 15 is 0 Å². The first-order valence-corrected chi connectivity index (χ1v) is 11.5. The highest BCUT2D eigenvalue weighted by molar-refractivity contribution is 7.21. The Morgan fingerprint density at radius 3 is 2.61 bits per heavy atom. The van der Waals surface area contributed by atoms with Crippen LogP contribution in [0.3, 0.4) is 0 Å². The van der Waals surface area contributed by atoms with Gasteiger partial charge in [-0.25, -0.2) is 9.97 Å². The minimum absolute atomic E-state index is 0.0399. The second-order valence-corrected chi connectivity index (χ2v) is 9.19. The number of nitrogens with zero attached hydrogens (tertiary/aromatic N) is 5. The van der Waals surface area contributed by atoms with Crippen LogP contribution in [0.4, 0.5) is 10.8 Å². The van der Waals surface area contributed by atoms with Gasteiger partial charge in [-0.1, -0.05) is 17.4 Å². The van der Waals surface area contributed by atoms with Gasteiger partial charge >= 0.3 is 0 Å². The summed E-state index contributed by atoms with van der Waals surface area (Å²) in [6.07, 6.45) is 2.36. The van der Waals surface area contributed by atoms with Gasteiger partial charge in [0.15, 0.2) is 5.13 Å². The van der Waals surface area contributed by atoms with E-state index in [0.29, 0.717) is 39.1 Å². The van der Waals surface area contributed by atoms with Crippen molar-refractivity contribution < 1.29 is 9.59 Å². The van der Waals surface area contributed by atoms with Crippen molar-refractivity contribution in [3.63, 3.8) is 0 Å². The van der Waals surface area contributed by atoms with Crippen LogP contribution >= 0.6 is 11.3 Å². The molecule has 2 saturated heterocycles. The van der Waals surface area contributed by atoms with Gasteiger partial charge in [0.25, 0.3) is 0 Å². The number of pyridine rings is 1. The van der Waals surface area contributed by atoms with Crippen molar-refractivity contribution >= 4 is 44.3 Å². The summed E-state index contributed by atoms with van der Waals surface area (Å²) in [7, 11) is 0. The molecular formula is C23H25N5O2S. The molecule has 2 aliphatic heterocycles. The zero-order valence-electron chi connectivity index (χ0n) is 17.7. The van der Waals surface area contributed by atoms with E-state index in [2.05, 4.69) is 21.8 Å². The van der Waals surface area contributed by atoms with Crippen molar-refractivity contribution in [1.82, 2.24) is 14.9 Å². The molecule has 2 aliphatic rings. The number of aryl methyl sites for hydroxylation is 2. The minimum atomic E-state index is -0.570. The molecular weight excluding hydrogens is 410 g/mol. The third-order valence-electron chi connectivity index (χ3n) is 6.32. The predicted molar refractivity (Wildman–Crippen MR) is 123 cm³/mol. The van der Waals surface area contributed by atoms with Crippen molar-refractivity contribution in [3.05, 3.63) is 47.7 Å². The maximum Gasteiger partial charge on any atom is 0.239 e. The van der Waals surface area contributed by atoms with Crippen LogP contribution in [0.25, 0.3) is 10.3 Å². The van der Waals surface area contributed by atoms with Gasteiger partial charge in [0.2, 0.25) is 11.8 Å². The van der Waals surface area contributed by atoms with Crippen molar-refractivity contribution in [2.45, 2.75) is 20.3 Å². The molecule has 0 N–H and O–H groups in total. The van der Waals surface area contributed by atoms with Gasteiger partial charge < -0.3 is 14.7 Å². The quantitative estimate of drug-likeness (QED) is 0.592. The Morgan fingerprint density at radius 1 is 1.06 bits per heavy atom. The fourth-order valence-corrected chi connectivity index (χ4v) is 5.25. The van der Waals surface area contributed by atoms with E-state index < -0.39 is 5.92 Å². The lowest BCUT2D eigenvalue weighted by molar-refractivity contribution is -0.140. The summed E-state index contributed by atoms with van der Waals surface area (Å²) >= 11 is 1.58. The van der Waals surface area contributed by atoms with Crippen LogP contribution in [0.1, 0.15) is 17.5 Å². The SMILES string of the molecule is Cc1ccc(N2CCC(C(=O)N3CCN(c4nc5cccnc5s4)CC3)C2=O)cc1C. The summed E-state index contributed by atoms with van der Waals surface area (Å²) in [6.45, 7) is 7.34. The first-order valence-electron chi connectivity index (χ1n) is 10.7. The molecule has 1 unspecified atom stereocenters. The minimum Gasteiger partial charge on any atom is -0.344 e. The van der Waals surface area contributed by atoms with Crippen LogP contribution in [-0.4, -0.2) is 59.4 Å². The number of carbonyl (C=O) groups is 2. The van der Waals surface area contributed by atoms with E-state index in [1.54, 1.807) is 22.4 Å². The van der Waals surface area contributed by atoms with E-state index in [-0.39, 0.29) is 11.8 Å². The maximum absolute atomic E-state index is 13.1. The molecule has 1 aromatic carbocycles. The number of thiazole rings is 1. The number of piperazine rings is 1. The van der Waals surface area contributed by atoms with Crippen molar-refractivity contribution in [2.75, 3.05) is 42.5 Å². The fraction of sp³-hybridized carbons (Fsp3) is 0.391. The standard InChI is InChI=1S/C23H25N5O2S/c1-15-5-6-17(14-16(15)2)28-9-7-18(22(28)30)21(29)26-10-12-27(13-11-26)23-25-19-4-3-8-24-20(19)31-23/h3-6,8,14,18H,7,9-13H2,1-2H3. The normalized spacial score (nSPS) is 19.5. The summed E-state index contributed by atoms with van der Waals surface area (Å²) in [5, 5.41) is 0.943. The molecule has 7 nitrogen and oxygen atoms in total. The van der Waals surface area contributed by atoms with Gasteiger partial charge in [0, 0.05) is 44.6 Å². The van der Waals surface area contributed by atoms with Crippen LogP contribution < -0.4 is 9.80 Å². The Hall–Kier alpha value is -3.00. The molecule has 2 amide bonds. The van der Waals surface area contributed by atoms with Gasteiger partial charge in [-0.05, 0) is 55.7 Å². The Balaban J connectivity index is 1.23. The van der Waals surface area contributed by atoms with Crippen LogP contribution in [-0.2, 0) is 9.59 Å². The monoisotopic (exact) mass is 435 g/mol. The number of rotatable bonds is 3. The number of benzene rings is 1. The van der Waals surface area contributed by atoms with Gasteiger partial charge in [0.1, 0.15) is 16.3 Å². The number of fused-ring (bicyclic) bond motifs is 1. The summed E-state index contributed by atoms with van der Waals surface area (Å²) in [6, 6.07) is 9.89. The number of aromatic nitrogens is 2. The smallest absolute Gasteiger partial charge is 0.239 e. The van der Waals surface area contributed by atoms with Gasteiger partial charge in [-0.2, -0.15) is 0 Å². The largest absolute Gasteiger partial charge is 0.344 e. The van der Waals surface area contributed by atoms with E-state index in [9.17, 15) is 9.59 Å². The van der Waals surface area contributed by atoms with Crippen molar-refractivity contribution in [2.24, 2.45) is 5.92 Å². The molecule has 0 bridgehead atoms. The number of carbonyl (C=O) groups excluding carboxylic acids is 2. The average molecular weight is 436 g/mol. The summed E-state index contributed by atoms with van der Waals surface area (Å²) in [4.78, 5) is 41.9. The number of hydrogen-bond acceptors (Lipinski definition) is 6. The molecule has 0 saturated carbocycles.